The van der Waals surface area contributed by atoms with E-state index in [1.54, 1.807) is 0 Å². The molecule has 0 radical (unpaired) electrons. The zero-order chi connectivity index (χ0) is 6.32. The van der Waals surface area contributed by atoms with E-state index in [1.165, 1.54) is 25.7 Å². The fourth-order valence-electron chi connectivity index (χ4n) is 1.79. The van der Waals surface area contributed by atoms with Gasteiger partial charge in [-0.1, -0.05) is 12.2 Å². The molecule has 0 aliphatic heterocycles. The number of alkyl halides is 1. The second kappa shape index (κ2) is 1.76. The fourth-order valence-corrected chi connectivity index (χ4v) is 2.08. The van der Waals surface area contributed by atoms with Crippen LogP contribution in [0, 0.1) is 5.92 Å². The summed E-state index contributed by atoms with van der Waals surface area (Å²) in [4.78, 5) is 0.0781. The number of rotatable bonds is 0. The first-order valence-corrected chi connectivity index (χ1v) is 4.05. The van der Waals surface area contributed by atoms with E-state index in [-0.39, 0.29) is 4.87 Å². The summed E-state index contributed by atoms with van der Waals surface area (Å²) in [6.07, 6.45) is 9.54. The summed E-state index contributed by atoms with van der Waals surface area (Å²) in [6.45, 7) is 0. The van der Waals surface area contributed by atoms with Gasteiger partial charge in [-0.25, -0.2) is 0 Å². The van der Waals surface area contributed by atoms with E-state index in [0.717, 1.165) is 5.92 Å². The molecule has 0 atom stereocenters. The minimum atomic E-state index is 0.0781. The van der Waals surface area contributed by atoms with E-state index in [2.05, 4.69) is 12.2 Å². The van der Waals surface area contributed by atoms with Crippen molar-refractivity contribution in [1.29, 1.82) is 0 Å². The van der Waals surface area contributed by atoms with E-state index in [9.17, 15) is 0 Å². The second-order valence-corrected chi connectivity index (χ2v) is 3.98. The lowest BCUT2D eigenvalue weighted by atomic mass is 9.76. The molecule has 0 N–H and O–H groups in total. The zero-order valence-corrected chi connectivity index (χ0v) is 6.19. The molecule has 9 heavy (non-hydrogen) atoms. The van der Waals surface area contributed by atoms with Crippen LogP contribution >= 0.6 is 11.6 Å². The van der Waals surface area contributed by atoms with E-state index in [4.69, 9.17) is 11.6 Å². The van der Waals surface area contributed by atoms with E-state index < -0.39 is 0 Å². The average molecular weight is 143 g/mol. The summed E-state index contributed by atoms with van der Waals surface area (Å²) in [5, 5.41) is 0. The zero-order valence-electron chi connectivity index (χ0n) is 5.44. The van der Waals surface area contributed by atoms with Gasteiger partial charge in [-0.05, 0) is 31.6 Å². The van der Waals surface area contributed by atoms with Gasteiger partial charge in [0.25, 0.3) is 0 Å². The Morgan fingerprint density at radius 2 is 2.00 bits per heavy atom. The molecule has 0 heterocycles. The molecule has 0 aromatic heterocycles. The third kappa shape index (κ3) is 0.898. The predicted octanol–water partition coefficient (Wildman–Crippen LogP) is 2.72. The number of hydrogen-bond donors (Lipinski definition) is 0. The standard InChI is InChI=1S/C8H11Cl/c9-8-4-1-7(2-5-8)3-6-8/h1,4,7H,2-3,5-6H2. The van der Waals surface area contributed by atoms with Crippen LogP contribution in [0.25, 0.3) is 0 Å². The van der Waals surface area contributed by atoms with Gasteiger partial charge in [-0.2, -0.15) is 0 Å². The van der Waals surface area contributed by atoms with Crippen LogP contribution in [0.5, 0.6) is 0 Å². The van der Waals surface area contributed by atoms with Crippen LogP contribution in [-0.2, 0) is 0 Å². The van der Waals surface area contributed by atoms with E-state index >= 15 is 0 Å². The van der Waals surface area contributed by atoms with Crippen molar-refractivity contribution in [3.8, 4) is 0 Å². The Morgan fingerprint density at radius 3 is 2.22 bits per heavy atom. The smallest absolute Gasteiger partial charge is 0.0626 e. The first-order chi connectivity index (χ1) is 4.29. The van der Waals surface area contributed by atoms with E-state index in [0.29, 0.717) is 0 Å². The normalized spacial score (nSPS) is 47.9. The SMILES string of the molecule is ClC12C=CC(CC1)CC2. The van der Waals surface area contributed by atoms with Crippen LogP contribution < -0.4 is 0 Å². The predicted molar refractivity (Wildman–Crippen MR) is 39.7 cm³/mol. The Hall–Kier alpha value is 0.0300. The summed E-state index contributed by atoms with van der Waals surface area (Å²) in [6, 6.07) is 0. The summed E-state index contributed by atoms with van der Waals surface area (Å²) < 4.78 is 0. The number of allylic oxidation sites excluding steroid dienone is 2. The molecule has 1 fully saturated rings. The highest BCUT2D eigenvalue weighted by molar-refractivity contribution is 6.25. The topological polar surface area (TPSA) is 0 Å². The highest BCUT2D eigenvalue weighted by atomic mass is 35.5. The molecule has 3 aliphatic carbocycles. The average Bonchev–Trinajstić information content (AvgIpc) is 1.90. The summed E-state index contributed by atoms with van der Waals surface area (Å²) in [7, 11) is 0. The molecule has 0 amide bonds. The molecule has 0 nitrogen and oxygen atoms in total. The van der Waals surface area contributed by atoms with Crippen molar-refractivity contribution in [2.24, 2.45) is 5.92 Å². The van der Waals surface area contributed by atoms with Crippen molar-refractivity contribution >= 4 is 11.6 Å². The summed E-state index contributed by atoms with van der Waals surface area (Å²) in [5.41, 5.74) is 0. The number of fused-ring (bicyclic) bond motifs is 2. The summed E-state index contributed by atoms with van der Waals surface area (Å²) >= 11 is 6.21. The molecule has 50 valence electrons. The first kappa shape index (κ1) is 5.79. The van der Waals surface area contributed by atoms with E-state index in [1.807, 2.05) is 0 Å². The van der Waals surface area contributed by atoms with Crippen molar-refractivity contribution < 1.29 is 0 Å². The lowest BCUT2D eigenvalue weighted by Gasteiger charge is -2.36. The third-order valence-electron chi connectivity index (χ3n) is 2.53. The van der Waals surface area contributed by atoms with Crippen molar-refractivity contribution in [3.63, 3.8) is 0 Å². The highest BCUT2D eigenvalue weighted by Crippen LogP contribution is 2.43. The molecule has 0 aromatic rings. The van der Waals surface area contributed by atoms with Crippen LogP contribution in [0.1, 0.15) is 25.7 Å². The van der Waals surface area contributed by atoms with Crippen LogP contribution in [-0.4, -0.2) is 4.87 Å². The van der Waals surface area contributed by atoms with Gasteiger partial charge >= 0.3 is 0 Å². The van der Waals surface area contributed by atoms with Gasteiger partial charge in [0.15, 0.2) is 0 Å². The maximum atomic E-state index is 6.21. The minimum Gasteiger partial charge on any atom is -0.115 e. The van der Waals surface area contributed by atoms with Crippen LogP contribution in [0.4, 0.5) is 0 Å². The van der Waals surface area contributed by atoms with Gasteiger partial charge in [0, 0.05) is 0 Å². The van der Waals surface area contributed by atoms with Gasteiger partial charge in [0.05, 0.1) is 4.87 Å². The van der Waals surface area contributed by atoms with Crippen LogP contribution in [0.2, 0.25) is 0 Å². The third-order valence-corrected chi connectivity index (χ3v) is 3.03. The van der Waals surface area contributed by atoms with Gasteiger partial charge in [0.2, 0.25) is 0 Å². The molecule has 0 spiro atoms. The maximum absolute atomic E-state index is 6.21. The molecule has 3 aliphatic rings. The molecular weight excluding hydrogens is 132 g/mol. The van der Waals surface area contributed by atoms with Gasteiger partial charge in [-0.3, -0.25) is 0 Å². The lowest BCUT2D eigenvalue weighted by Crippen LogP contribution is -2.29. The van der Waals surface area contributed by atoms with Crippen molar-refractivity contribution in [3.05, 3.63) is 12.2 Å². The Labute approximate surface area is 60.9 Å². The Kier molecular flexibility index (Phi) is 1.13. The molecule has 2 bridgehead atoms. The molecule has 1 saturated carbocycles. The molecule has 0 aromatic carbocycles. The Bertz CT molecular complexity index is 141. The molecule has 0 saturated heterocycles. The molecule has 1 heteroatoms. The number of hydrogen-bond acceptors (Lipinski definition) is 0. The first-order valence-electron chi connectivity index (χ1n) is 3.67. The maximum Gasteiger partial charge on any atom is 0.0626 e. The lowest BCUT2D eigenvalue weighted by molar-refractivity contribution is 0.350. The van der Waals surface area contributed by atoms with Crippen molar-refractivity contribution in [1.82, 2.24) is 0 Å². The summed E-state index contributed by atoms with van der Waals surface area (Å²) in [5.74, 6) is 0.866. The van der Waals surface area contributed by atoms with Gasteiger partial charge in [0.1, 0.15) is 0 Å². The number of halogens is 1. The van der Waals surface area contributed by atoms with Crippen LogP contribution in [0.15, 0.2) is 12.2 Å². The molecule has 3 rings (SSSR count). The van der Waals surface area contributed by atoms with Crippen LogP contribution in [0.3, 0.4) is 0 Å². The quantitative estimate of drug-likeness (QED) is 0.361. The fraction of sp³-hybridized carbons (Fsp3) is 0.750. The van der Waals surface area contributed by atoms with Gasteiger partial charge < -0.3 is 0 Å². The van der Waals surface area contributed by atoms with Crippen molar-refractivity contribution in [2.75, 3.05) is 0 Å². The molecule has 0 unspecified atom stereocenters. The largest absolute Gasteiger partial charge is 0.115 e. The monoisotopic (exact) mass is 142 g/mol. The Morgan fingerprint density at radius 1 is 1.33 bits per heavy atom. The Balaban J connectivity index is 2.28. The second-order valence-electron chi connectivity index (χ2n) is 3.23. The van der Waals surface area contributed by atoms with Gasteiger partial charge in [-0.15, -0.1) is 11.6 Å². The highest BCUT2D eigenvalue weighted by Gasteiger charge is 2.33. The minimum absolute atomic E-state index is 0.0781. The molecular formula is C8H11Cl. The van der Waals surface area contributed by atoms with Crippen molar-refractivity contribution in [2.45, 2.75) is 30.6 Å².